The van der Waals surface area contributed by atoms with Crippen molar-refractivity contribution in [3.63, 3.8) is 0 Å². The van der Waals surface area contributed by atoms with Crippen LogP contribution in [-0.2, 0) is 16.0 Å². The second-order valence-corrected chi connectivity index (χ2v) is 4.36. The molecule has 0 spiro atoms. The fraction of sp³-hybridized carbons (Fsp3) is 0.462. The van der Waals surface area contributed by atoms with Gasteiger partial charge in [-0.15, -0.1) is 0 Å². The van der Waals surface area contributed by atoms with E-state index in [1.54, 1.807) is 0 Å². The maximum atomic E-state index is 12.2. The first kappa shape index (κ1) is 10.6. The standard InChI is InChI=1S/C13H15NO3/c15-13(14-5-7-16-8-6-14)12-9-10-3-1-2-4-11(10)17-12/h1-4,12H,5-9H2/t12-/m0/s1. The number of hydrogen-bond acceptors (Lipinski definition) is 3. The van der Waals surface area contributed by atoms with E-state index < -0.39 is 0 Å². The number of fused-ring (bicyclic) bond motifs is 1. The van der Waals surface area contributed by atoms with E-state index in [4.69, 9.17) is 9.47 Å². The summed E-state index contributed by atoms with van der Waals surface area (Å²) in [4.78, 5) is 14.0. The molecular weight excluding hydrogens is 218 g/mol. The average Bonchev–Trinajstić information content (AvgIpc) is 2.82. The number of rotatable bonds is 1. The van der Waals surface area contributed by atoms with E-state index in [2.05, 4.69) is 0 Å². The quantitative estimate of drug-likeness (QED) is 0.721. The molecule has 0 unspecified atom stereocenters. The Labute approximate surface area is 100 Å². The van der Waals surface area contributed by atoms with Crippen molar-refractivity contribution in [3.8, 4) is 5.75 Å². The number of carbonyl (C=O) groups excluding carboxylic acids is 1. The summed E-state index contributed by atoms with van der Waals surface area (Å²) in [6, 6.07) is 7.84. The molecule has 2 aliphatic rings. The molecule has 1 aromatic carbocycles. The molecule has 1 aromatic rings. The van der Waals surface area contributed by atoms with Gasteiger partial charge < -0.3 is 14.4 Å². The zero-order valence-electron chi connectivity index (χ0n) is 9.59. The molecule has 0 bridgehead atoms. The first-order valence-corrected chi connectivity index (χ1v) is 5.96. The molecule has 2 heterocycles. The molecule has 1 amide bonds. The highest BCUT2D eigenvalue weighted by Crippen LogP contribution is 2.28. The zero-order chi connectivity index (χ0) is 11.7. The molecule has 0 radical (unpaired) electrons. The van der Waals surface area contributed by atoms with Crippen LogP contribution in [-0.4, -0.2) is 43.2 Å². The van der Waals surface area contributed by atoms with Crippen molar-refractivity contribution in [2.24, 2.45) is 0 Å². The van der Waals surface area contributed by atoms with Crippen molar-refractivity contribution in [3.05, 3.63) is 29.8 Å². The molecular formula is C13H15NO3. The number of nitrogens with zero attached hydrogens (tertiary/aromatic N) is 1. The monoisotopic (exact) mass is 233 g/mol. The summed E-state index contributed by atoms with van der Waals surface area (Å²) in [5, 5.41) is 0. The summed E-state index contributed by atoms with van der Waals surface area (Å²) in [6.45, 7) is 2.61. The van der Waals surface area contributed by atoms with Crippen molar-refractivity contribution in [1.82, 2.24) is 4.90 Å². The van der Waals surface area contributed by atoms with Crippen LogP contribution >= 0.6 is 0 Å². The fourth-order valence-electron chi connectivity index (χ4n) is 2.31. The van der Waals surface area contributed by atoms with Crippen LogP contribution in [0.15, 0.2) is 24.3 Å². The molecule has 0 N–H and O–H groups in total. The van der Waals surface area contributed by atoms with E-state index >= 15 is 0 Å². The van der Waals surface area contributed by atoms with Crippen LogP contribution in [0.5, 0.6) is 5.75 Å². The zero-order valence-corrected chi connectivity index (χ0v) is 9.59. The minimum absolute atomic E-state index is 0.0875. The lowest BCUT2D eigenvalue weighted by atomic mass is 10.1. The van der Waals surface area contributed by atoms with Gasteiger partial charge in [0.1, 0.15) is 5.75 Å². The van der Waals surface area contributed by atoms with Gasteiger partial charge in [-0.1, -0.05) is 18.2 Å². The summed E-state index contributed by atoms with van der Waals surface area (Å²) < 4.78 is 10.9. The molecule has 4 heteroatoms. The van der Waals surface area contributed by atoms with E-state index in [1.807, 2.05) is 29.2 Å². The van der Waals surface area contributed by atoms with Gasteiger partial charge in [0.2, 0.25) is 0 Å². The Kier molecular flexibility index (Phi) is 2.73. The Balaban J connectivity index is 1.69. The van der Waals surface area contributed by atoms with E-state index in [1.165, 1.54) is 0 Å². The predicted molar refractivity (Wildman–Crippen MR) is 62.0 cm³/mol. The Morgan fingerprint density at radius 1 is 1.24 bits per heavy atom. The smallest absolute Gasteiger partial charge is 0.264 e. The average molecular weight is 233 g/mol. The van der Waals surface area contributed by atoms with Crippen LogP contribution in [0.3, 0.4) is 0 Å². The second-order valence-electron chi connectivity index (χ2n) is 4.36. The largest absolute Gasteiger partial charge is 0.480 e. The second kappa shape index (κ2) is 4.37. The van der Waals surface area contributed by atoms with Crippen molar-refractivity contribution in [2.75, 3.05) is 26.3 Å². The Bertz CT molecular complexity index is 401. The van der Waals surface area contributed by atoms with Gasteiger partial charge in [-0.05, 0) is 11.6 Å². The van der Waals surface area contributed by atoms with Gasteiger partial charge in [0, 0.05) is 19.5 Å². The highest BCUT2D eigenvalue weighted by molar-refractivity contribution is 5.82. The summed E-state index contributed by atoms with van der Waals surface area (Å²) >= 11 is 0. The third-order valence-electron chi connectivity index (χ3n) is 3.25. The predicted octanol–water partition coefficient (Wildman–Crippen LogP) is 0.849. The minimum Gasteiger partial charge on any atom is -0.480 e. The van der Waals surface area contributed by atoms with Crippen molar-refractivity contribution in [2.45, 2.75) is 12.5 Å². The topological polar surface area (TPSA) is 38.8 Å². The lowest BCUT2D eigenvalue weighted by Gasteiger charge is -2.28. The molecule has 17 heavy (non-hydrogen) atoms. The first-order valence-electron chi connectivity index (χ1n) is 5.96. The number of carbonyl (C=O) groups is 1. The number of hydrogen-bond donors (Lipinski definition) is 0. The molecule has 0 aliphatic carbocycles. The molecule has 0 aromatic heterocycles. The number of benzene rings is 1. The van der Waals surface area contributed by atoms with E-state index in [0.717, 1.165) is 11.3 Å². The third kappa shape index (κ3) is 2.00. The number of ether oxygens (including phenoxy) is 2. The molecule has 1 atom stereocenters. The first-order chi connectivity index (χ1) is 8.34. The molecule has 90 valence electrons. The lowest BCUT2D eigenvalue weighted by Crippen LogP contribution is -2.47. The Morgan fingerprint density at radius 2 is 2.00 bits per heavy atom. The maximum absolute atomic E-state index is 12.2. The highest BCUT2D eigenvalue weighted by atomic mass is 16.5. The van der Waals surface area contributed by atoms with Gasteiger partial charge in [-0.25, -0.2) is 0 Å². The van der Waals surface area contributed by atoms with E-state index in [-0.39, 0.29) is 12.0 Å². The molecule has 0 saturated carbocycles. The summed E-state index contributed by atoms with van der Waals surface area (Å²) in [6.07, 6.45) is 0.345. The molecule has 1 fully saturated rings. The van der Waals surface area contributed by atoms with Crippen LogP contribution in [0.2, 0.25) is 0 Å². The Morgan fingerprint density at radius 3 is 2.76 bits per heavy atom. The van der Waals surface area contributed by atoms with Gasteiger partial charge in [0.25, 0.3) is 5.91 Å². The van der Waals surface area contributed by atoms with Gasteiger partial charge in [-0.3, -0.25) is 4.79 Å². The van der Waals surface area contributed by atoms with Crippen LogP contribution in [0.1, 0.15) is 5.56 Å². The van der Waals surface area contributed by atoms with Gasteiger partial charge in [-0.2, -0.15) is 0 Å². The van der Waals surface area contributed by atoms with E-state index in [9.17, 15) is 4.79 Å². The minimum atomic E-state index is -0.342. The van der Waals surface area contributed by atoms with Crippen LogP contribution in [0.25, 0.3) is 0 Å². The summed E-state index contributed by atoms with van der Waals surface area (Å²) in [5.41, 5.74) is 1.12. The summed E-state index contributed by atoms with van der Waals surface area (Å²) in [7, 11) is 0. The molecule has 3 rings (SSSR count). The van der Waals surface area contributed by atoms with Crippen LogP contribution in [0, 0.1) is 0 Å². The van der Waals surface area contributed by atoms with Gasteiger partial charge >= 0.3 is 0 Å². The van der Waals surface area contributed by atoms with Crippen molar-refractivity contribution in [1.29, 1.82) is 0 Å². The number of para-hydroxylation sites is 1. The van der Waals surface area contributed by atoms with Crippen LogP contribution < -0.4 is 4.74 Å². The number of morpholine rings is 1. The van der Waals surface area contributed by atoms with E-state index in [0.29, 0.717) is 32.7 Å². The lowest BCUT2D eigenvalue weighted by molar-refractivity contribution is -0.142. The molecule has 2 aliphatic heterocycles. The Hall–Kier alpha value is -1.55. The summed E-state index contributed by atoms with van der Waals surface area (Å²) in [5.74, 6) is 0.934. The van der Waals surface area contributed by atoms with Gasteiger partial charge in [0.15, 0.2) is 6.10 Å². The number of amides is 1. The SMILES string of the molecule is O=C([C@@H]1Cc2ccccc2O1)N1CCOCC1. The van der Waals surface area contributed by atoms with Crippen molar-refractivity contribution < 1.29 is 14.3 Å². The third-order valence-corrected chi connectivity index (χ3v) is 3.25. The molecule has 1 saturated heterocycles. The van der Waals surface area contributed by atoms with Crippen molar-refractivity contribution >= 4 is 5.91 Å². The molecule has 4 nitrogen and oxygen atoms in total. The maximum Gasteiger partial charge on any atom is 0.264 e. The van der Waals surface area contributed by atoms with Crippen LogP contribution in [0.4, 0.5) is 0 Å². The fourth-order valence-corrected chi connectivity index (χ4v) is 2.31. The van der Waals surface area contributed by atoms with Gasteiger partial charge in [0.05, 0.1) is 13.2 Å². The highest BCUT2D eigenvalue weighted by Gasteiger charge is 2.32. The normalized spacial score (nSPS) is 23.1.